The van der Waals surface area contributed by atoms with E-state index in [0.29, 0.717) is 18.0 Å². The van der Waals surface area contributed by atoms with Crippen molar-refractivity contribution in [3.8, 4) is 0 Å². The Morgan fingerprint density at radius 1 is 1.39 bits per heavy atom. The largest absolute Gasteiger partial charge is 0.388 e. The average Bonchev–Trinajstić information content (AvgIpc) is 2.61. The van der Waals surface area contributed by atoms with Crippen LogP contribution in [0, 0.1) is 5.82 Å². The molecular formula is C14H19ClFNO. The number of rotatable bonds is 3. The molecule has 2 N–H and O–H groups in total. The van der Waals surface area contributed by atoms with Crippen molar-refractivity contribution in [1.82, 2.24) is 5.32 Å². The van der Waals surface area contributed by atoms with E-state index in [1.807, 2.05) is 0 Å². The normalized spacial score (nSPS) is 22.5. The first-order valence-electron chi connectivity index (χ1n) is 6.53. The molecule has 1 aromatic rings. The molecule has 2 unspecified atom stereocenters. The van der Waals surface area contributed by atoms with Crippen LogP contribution < -0.4 is 5.32 Å². The molecule has 0 spiro atoms. The Balaban J connectivity index is 1.97. The number of hydrogen-bond donors (Lipinski definition) is 2. The van der Waals surface area contributed by atoms with E-state index in [1.165, 1.54) is 31.4 Å². The summed E-state index contributed by atoms with van der Waals surface area (Å²) >= 11 is 5.73. The minimum atomic E-state index is -0.585. The average molecular weight is 272 g/mol. The van der Waals surface area contributed by atoms with Crippen molar-refractivity contribution in [2.24, 2.45) is 0 Å². The van der Waals surface area contributed by atoms with Crippen molar-refractivity contribution in [3.05, 3.63) is 34.6 Å². The maximum atomic E-state index is 13.0. The standard InChI is InChI=1S/C14H19ClFNO/c15-12-8-10(5-6-13(12)16)14(18)9-11-4-2-1-3-7-17-11/h5-6,8,11,14,17-18H,1-4,7,9H2. The summed E-state index contributed by atoms with van der Waals surface area (Å²) in [4.78, 5) is 0. The molecule has 100 valence electrons. The minimum absolute atomic E-state index is 0.0698. The number of aliphatic hydroxyl groups is 1. The zero-order valence-electron chi connectivity index (χ0n) is 10.3. The summed E-state index contributed by atoms with van der Waals surface area (Å²) in [5.74, 6) is -0.444. The molecule has 2 atom stereocenters. The molecule has 0 radical (unpaired) electrons. The zero-order valence-corrected chi connectivity index (χ0v) is 11.1. The van der Waals surface area contributed by atoms with Gasteiger partial charge in [-0.15, -0.1) is 0 Å². The van der Waals surface area contributed by atoms with Gasteiger partial charge in [0.05, 0.1) is 11.1 Å². The van der Waals surface area contributed by atoms with Gasteiger partial charge in [0.25, 0.3) is 0 Å². The molecule has 1 saturated heterocycles. The second kappa shape index (κ2) is 6.50. The minimum Gasteiger partial charge on any atom is -0.388 e. The summed E-state index contributed by atoms with van der Waals surface area (Å²) in [7, 11) is 0. The lowest BCUT2D eigenvalue weighted by molar-refractivity contribution is 0.150. The molecule has 0 aliphatic carbocycles. The molecule has 0 bridgehead atoms. The molecule has 2 nitrogen and oxygen atoms in total. The van der Waals surface area contributed by atoms with E-state index in [-0.39, 0.29) is 5.02 Å². The third-order valence-electron chi connectivity index (χ3n) is 3.50. The number of nitrogens with one attached hydrogen (secondary N) is 1. The van der Waals surface area contributed by atoms with Gasteiger partial charge in [0.1, 0.15) is 5.82 Å². The lowest BCUT2D eigenvalue weighted by Gasteiger charge is -2.20. The van der Waals surface area contributed by atoms with Crippen LogP contribution >= 0.6 is 11.6 Å². The second-order valence-electron chi connectivity index (χ2n) is 4.93. The van der Waals surface area contributed by atoms with Crippen LogP contribution in [0.15, 0.2) is 18.2 Å². The lowest BCUT2D eigenvalue weighted by atomic mass is 9.99. The van der Waals surface area contributed by atoms with E-state index < -0.39 is 11.9 Å². The van der Waals surface area contributed by atoms with Gasteiger partial charge >= 0.3 is 0 Å². The Labute approximate surface area is 112 Å². The summed E-state index contributed by atoms with van der Waals surface area (Å²) in [6.45, 7) is 1.02. The summed E-state index contributed by atoms with van der Waals surface area (Å²) in [6, 6.07) is 4.76. The smallest absolute Gasteiger partial charge is 0.141 e. The number of halogens is 2. The molecule has 1 fully saturated rings. The monoisotopic (exact) mass is 271 g/mol. The third kappa shape index (κ3) is 3.67. The zero-order chi connectivity index (χ0) is 13.0. The Hall–Kier alpha value is -0.640. The van der Waals surface area contributed by atoms with Crippen LogP contribution in [0.5, 0.6) is 0 Å². The van der Waals surface area contributed by atoms with Gasteiger partial charge in [-0.1, -0.05) is 30.5 Å². The van der Waals surface area contributed by atoms with Gasteiger partial charge in [-0.05, 0) is 43.5 Å². The van der Waals surface area contributed by atoms with Crippen LogP contribution in [0.25, 0.3) is 0 Å². The first-order valence-corrected chi connectivity index (χ1v) is 6.91. The molecular weight excluding hydrogens is 253 g/mol. The van der Waals surface area contributed by atoms with Gasteiger partial charge in [-0.2, -0.15) is 0 Å². The molecule has 1 aromatic carbocycles. The number of aliphatic hydroxyl groups excluding tert-OH is 1. The number of benzene rings is 1. The first-order chi connectivity index (χ1) is 8.66. The fourth-order valence-corrected chi connectivity index (χ4v) is 2.62. The highest BCUT2D eigenvalue weighted by molar-refractivity contribution is 6.30. The van der Waals surface area contributed by atoms with E-state index in [0.717, 1.165) is 13.0 Å². The van der Waals surface area contributed by atoms with Crippen LogP contribution in [0.3, 0.4) is 0 Å². The van der Waals surface area contributed by atoms with E-state index in [4.69, 9.17) is 11.6 Å². The summed E-state index contributed by atoms with van der Waals surface area (Å²) in [5, 5.41) is 13.7. The molecule has 2 rings (SSSR count). The van der Waals surface area contributed by atoms with E-state index in [9.17, 15) is 9.50 Å². The van der Waals surface area contributed by atoms with Gasteiger partial charge in [0, 0.05) is 6.04 Å². The Kier molecular flexibility index (Phi) is 4.98. The topological polar surface area (TPSA) is 32.3 Å². The predicted molar refractivity (Wildman–Crippen MR) is 71.2 cm³/mol. The molecule has 18 heavy (non-hydrogen) atoms. The van der Waals surface area contributed by atoms with Crippen molar-refractivity contribution in [3.63, 3.8) is 0 Å². The van der Waals surface area contributed by atoms with Gasteiger partial charge in [-0.25, -0.2) is 4.39 Å². The van der Waals surface area contributed by atoms with Crippen LogP contribution in [0.2, 0.25) is 5.02 Å². The molecule has 1 heterocycles. The molecule has 0 amide bonds. The fourth-order valence-electron chi connectivity index (χ4n) is 2.43. The fraction of sp³-hybridized carbons (Fsp3) is 0.571. The van der Waals surface area contributed by atoms with Crippen LogP contribution in [-0.2, 0) is 0 Å². The molecule has 1 aliphatic rings. The highest BCUT2D eigenvalue weighted by atomic mass is 35.5. The van der Waals surface area contributed by atoms with Crippen LogP contribution in [0.1, 0.15) is 43.8 Å². The summed E-state index contributed by atoms with van der Waals surface area (Å²) in [6.07, 6.45) is 4.82. The SMILES string of the molecule is OC(CC1CCCCCN1)c1ccc(F)c(Cl)c1. The first kappa shape index (κ1) is 13.8. The Morgan fingerprint density at radius 2 is 2.22 bits per heavy atom. The van der Waals surface area contributed by atoms with Crippen molar-refractivity contribution >= 4 is 11.6 Å². The maximum absolute atomic E-state index is 13.0. The van der Waals surface area contributed by atoms with E-state index >= 15 is 0 Å². The van der Waals surface area contributed by atoms with Gasteiger partial charge in [0.2, 0.25) is 0 Å². The summed E-state index contributed by atoms with van der Waals surface area (Å²) < 4.78 is 13.0. The van der Waals surface area contributed by atoms with Crippen LogP contribution in [0.4, 0.5) is 4.39 Å². The predicted octanol–water partition coefficient (Wildman–Crippen LogP) is 3.43. The van der Waals surface area contributed by atoms with Gasteiger partial charge in [0.15, 0.2) is 0 Å². The highest BCUT2D eigenvalue weighted by Gasteiger charge is 2.18. The third-order valence-corrected chi connectivity index (χ3v) is 3.79. The quantitative estimate of drug-likeness (QED) is 0.883. The number of hydrogen-bond acceptors (Lipinski definition) is 2. The molecule has 0 saturated carbocycles. The lowest BCUT2D eigenvalue weighted by Crippen LogP contribution is -2.29. The van der Waals surface area contributed by atoms with E-state index in [2.05, 4.69) is 5.32 Å². The van der Waals surface area contributed by atoms with Crippen molar-refractivity contribution < 1.29 is 9.50 Å². The summed E-state index contributed by atoms with van der Waals surface area (Å²) in [5.41, 5.74) is 0.687. The maximum Gasteiger partial charge on any atom is 0.141 e. The highest BCUT2D eigenvalue weighted by Crippen LogP contribution is 2.25. The van der Waals surface area contributed by atoms with Crippen molar-refractivity contribution in [1.29, 1.82) is 0 Å². The van der Waals surface area contributed by atoms with E-state index in [1.54, 1.807) is 6.07 Å². The van der Waals surface area contributed by atoms with Gasteiger partial charge < -0.3 is 10.4 Å². The van der Waals surface area contributed by atoms with Gasteiger partial charge in [-0.3, -0.25) is 0 Å². The van der Waals surface area contributed by atoms with Crippen LogP contribution in [-0.4, -0.2) is 17.7 Å². The second-order valence-corrected chi connectivity index (χ2v) is 5.33. The molecule has 1 aliphatic heterocycles. The van der Waals surface area contributed by atoms with Crippen molar-refractivity contribution in [2.45, 2.75) is 44.2 Å². The molecule has 0 aromatic heterocycles. The van der Waals surface area contributed by atoms with Crippen molar-refractivity contribution in [2.75, 3.05) is 6.54 Å². The molecule has 4 heteroatoms. The Morgan fingerprint density at radius 3 is 3.00 bits per heavy atom. The Bertz CT molecular complexity index is 391.